The lowest BCUT2D eigenvalue weighted by molar-refractivity contribution is 0.255. The first-order valence-corrected chi connectivity index (χ1v) is 10.9. The van der Waals surface area contributed by atoms with Crippen LogP contribution in [0, 0.1) is 18.6 Å². The lowest BCUT2D eigenvalue weighted by Crippen LogP contribution is -2.29. The molecule has 8 heteroatoms. The predicted octanol–water partition coefficient (Wildman–Crippen LogP) is 4.33. The number of H-pyrrole nitrogens is 1. The molecule has 1 fully saturated rings. The standard InChI is InChI=1S/C21H22F2N2O3S/c1-13-20(14-8-10-25(2)11-9-14)16-12-15(6-7-19(16)24-13)28-29(26,27)21-17(22)4-3-5-18(21)23/h3-7,12,14,24H,8-11H2,1-2H3. The molecule has 0 bridgehead atoms. The number of nitrogens with one attached hydrogen (secondary N) is 1. The summed E-state index contributed by atoms with van der Waals surface area (Å²) in [6.07, 6.45) is 2.02. The molecule has 1 aromatic heterocycles. The van der Waals surface area contributed by atoms with Gasteiger partial charge in [0.1, 0.15) is 17.4 Å². The topological polar surface area (TPSA) is 62.4 Å². The number of fused-ring (bicyclic) bond motifs is 1. The highest BCUT2D eigenvalue weighted by Crippen LogP contribution is 2.37. The van der Waals surface area contributed by atoms with Crippen LogP contribution in [0.3, 0.4) is 0 Å². The average molecular weight is 420 g/mol. The molecule has 2 heterocycles. The molecule has 5 nitrogen and oxygen atoms in total. The number of aryl methyl sites for hydroxylation is 1. The second kappa shape index (κ2) is 7.42. The maximum Gasteiger partial charge on any atom is 0.345 e. The Morgan fingerprint density at radius 3 is 2.41 bits per heavy atom. The van der Waals surface area contributed by atoms with Crippen LogP contribution in [0.1, 0.15) is 30.0 Å². The minimum atomic E-state index is -4.65. The van der Waals surface area contributed by atoms with E-state index in [2.05, 4.69) is 16.9 Å². The summed E-state index contributed by atoms with van der Waals surface area (Å²) in [7, 11) is -2.55. The van der Waals surface area contributed by atoms with Gasteiger partial charge in [0, 0.05) is 16.6 Å². The van der Waals surface area contributed by atoms with Crippen LogP contribution in [0.4, 0.5) is 8.78 Å². The number of halogens is 2. The zero-order valence-electron chi connectivity index (χ0n) is 16.2. The molecule has 0 unspecified atom stereocenters. The third-order valence-corrected chi connectivity index (χ3v) is 6.81. The molecule has 3 aromatic rings. The molecule has 0 atom stereocenters. The minimum Gasteiger partial charge on any atom is -0.379 e. The van der Waals surface area contributed by atoms with Crippen LogP contribution < -0.4 is 4.18 Å². The summed E-state index contributed by atoms with van der Waals surface area (Å²) in [5.74, 6) is -1.99. The first kappa shape index (κ1) is 19.8. The van der Waals surface area contributed by atoms with Crippen LogP contribution in [-0.4, -0.2) is 38.4 Å². The third-order valence-electron chi connectivity index (χ3n) is 5.51. The Morgan fingerprint density at radius 1 is 1.10 bits per heavy atom. The quantitative estimate of drug-likeness (QED) is 0.638. The fraction of sp³-hybridized carbons (Fsp3) is 0.333. The molecular weight excluding hydrogens is 398 g/mol. The average Bonchev–Trinajstić information content (AvgIpc) is 2.97. The highest BCUT2D eigenvalue weighted by molar-refractivity contribution is 7.87. The van der Waals surface area contributed by atoms with Crippen LogP contribution in [0.15, 0.2) is 41.3 Å². The first-order chi connectivity index (χ1) is 13.8. The van der Waals surface area contributed by atoms with E-state index in [4.69, 9.17) is 4.18 Å². The van der Waals surface area contributed by atoms with Gasteiger partial charge in [0.05, 0.1) is 0 Å². The number of piperidine rings is 1. The van der Waals surface area contributed by atoms with Crippen molar-refractivity contribution in [2.45, 2.75) is 30.6 Å². The minimum absolute atomic E-state index is 0.0216. The van der Waals surface area contributed by atoms with E-state index >= 15 is 0 Å². The van der Waals surface area contributed by atoms with Crippen LogP contribution in [0.2, 0.25) is 0 Å². The second-order valence-electron chi connectivity index (χ2n) is 7.54. The molecular formula is C21H22F2N2O3S. The van der Waals surface area contributed by atoms with Gasteiger partial charge in [-0.25, -0.2) is 8.78 Å². The Hall–Kier alpha value is -2.45. The molecule has 0 aliphatic carbocycles. The van der Waals surface area contributed by atoms with Crippen molar-refractivity contribution in [3.63, 3.8) is 0 Å². The van der Waals surface area contributed by atoms with Gasteiger partial charge in [-0.15, -0.1) is 0 Å². The number of aromatic nitrogens is 1. The molecule has 2 aromatic carbocycles. The van der Waals surface area contributed by atoms with Crippen molar-refractivity contribution in [1.29, 1.82) is 0 Å². The van der Waals surface area contributed by atoms with Gasteiger partial charge in [0.2, 0.25) is 0 Å². The van der Waals surface area contributed by atoms with Crippen LogP contribution in [0.25, 0.3) is 10.9 Å². The van der Waals surface area contributed by atoms with Crippen molar-refractivity contribution in [1.82, 2.24) is 9.88 Å². The third kappa shape index (κ3) is 3.74. The zero-order valence-corrected chi connectivity index (χ0v) is 17.0. The smallest absolute Gasteiger partial charge is 0.345 e. The van der Waals surface area contributed by atoms with Gasteiger partial charge in [0.15, 0.2) is 4.90 Å². The Labute approximate surface area is 168 Å². The van der Waals surface area contributed by atoms with Gasteiger partial charge >= 0.3 is 10.1 Å². The lowest BCUT2D eigenvalue weighted by Gasteiger charge is -2.29. The summed E-state index contributed by atoms with van der Waals surface area (Å²) in [6.45, 7) is 3.99. The number of aromatic amines is 1. The van der Waals surface area contributed by atoms with Crippen molar-refractivity contribution < 1.29 is 21.4 Å². The Balaban J connectivity index is 1.71. The molecule has 29 heavy (non-hydrogen) atoms. The van der Waals surface area contributed by atoms with E-state index in [1.54, 1.807) is 12.1 Å². The fourth-order valence-corrected chi connectivity index (χ4v) is 5.15. The second-order valence-corrected chi connectivity index (χ2v) is 9.02. The summed E-state index contributed by atoms with van der Waals surface area (Å²) in [5, 5.41) is 0.874. The van der Waals surface area contributed by atoms with Gasteiger partial charge < -0.3 is 14.1 Å². The van der Waals surface area contributed by atoms with Gasteiger partial charge in [-0.2, -0.15) is 8.42 Å². The molecule has 1 saturated heterocycles. The summed E-state index contributed by atoms with van der Waals surface area (Å²) in [5.41, 5.74) is 3.06. The summed E-state index contributed by atoms with van der Waals surface area (Å²) >= 11 is 0. The SMILES string of the molecule is Cc1[nH]c2ccc(OS(=O)(=O)c3c(F)cccc3F)cc2c1C1CCN(C)CC1. The van der Waals surface area contributed by atoms with Crippen molar-refractivity contribution in [3.05, 3.63) is 59.3 Å². The van der Waals surface area contributed by atoms with E-state index in [1.807, 2.05) is 6.92 Å². The van der Waals surface area contributed by atoms with Crippen LogP contribution in [-0.2, 0) is 10.1 Å². The van der Waals surface area contributed by atoms with Crippen molar-refractivity contribution >= 4 is 21.0 Å². The van der Waals surface area contributed by atoms with Gasteiger partial charge in [0.25, 0.3) is 0 Å². The predicted molar refractivity (Wildman–Crippen MR) is 107 cm³/mol. The monoisotopic (exact) mass is 420 g/mol. The highest BCUT2D eigenvalue weighted by Gasteiger charge is 2.27. The normalized spacial score (nSPS) is 16.4. The maximum absolute atomic E-state index is 13.9. The number of hydrogen-bond donors (Lipinski definition) is 1. The van der Waals surface area contributed by atoms with E-state index in [9.17, 15) is 17.2 Å². The Kier molecular flexibility index (Phi) is 5.08. The van der Waals surface area contributed by atoms with Gasteiger partial charge in [-0.1, -0.05) is 6.07 Å². The largest absolute Gasteiger partial charge is 0.379 e. The summed E-state index contributed by atoms with van der Waals surface area (Å²) < 4.78 is 58.0. The van der Waals surface area contributed by atoms with Crippen molar-refractivity contribution in [2.75, 3.05) is 20.1 Å². The number of hydrogen-bond acceptors (Lipinski definition) is 4. The molecule has 1 aliphatic rings. The van der Waals surface area contributed by atoms with E-state index < -0.39 is 26.6 Å². The molecule has 154 valence electrons. The van der Waals surface area contributed by atoms with Crippen molar-refractivity contribution in [3.8, 4) is 5.75 Å². The van der Waals surface area contributed by atoms with Gasteiger partial charge in [-0.3, -0.25) is 0 Å². The molecule has 0 saturated carbocycles. The molecule has 0 amide bonds. The molecule has 1 N–H and O–H groups in total. The van der Waals surface area contributed by atoms with E-state index in [-0.39, 0.29) is 5.75 Å². The van der Waals surface area contributed by atoms with Crippen molar-refractivity contribution in [2.24, 2.45) is 0 Å². The summed E-state index contributed by atoms with van der Waals surface area (Å²) in [4.78, 5) is 4.54. The number of benzene rings is 2. The molecule has 0 spiro atoms. The zero-order chi connectivity index (χ0) is 20.8. The number of nitrogens with zero attached hydrogens (tertiary/aromatic N) is 1. The molecule has 4 rings (SSSR count). The van der Waals surface area contributed by atoms with E-state index in [1.165, 1.54) is 6.07 Å². The highest BCUT2D eigenvalue weighted by atomic mass is 32.2. The lowest BCUT2D eigenvalue weighted by atomic mass is 9.88. The Morgan fingerprint density at radius 2 is 1.76 bits per heavy atom. The molecule has 1 aliphatic heterocycles. The van der Waals surface area contributed by atoms with E-state index in [0.717, 1.165) is 66.3 Å². The van der Waals surface area contributed by atoms with Gasteiger partial charge in [-0.05, 0) is 81.7 Å². The Bertz CT molecular complexity index is 1150. The summed E-state index contributed by atoms with van der Waals surface area (Å²) in [6, 6.07) is 7.71. The van der Waals surface area contributed by atoms with E-state index in [0.29, 0.717) is 5.92 Å². The van der Waals surface area contributed by atoms with Crippen LogP contribution >= 0.6 is 0 Å². The fourth-order valence-electron chi connectivity index (χ4n) is 4.09. The number of likely N-dealkylation sites (tertiary alicyclic amines) is 1. The number of rotatable bonds is 4. The van der Waals surface area contributed by atoms with Crippen LogP contribution in [0.5, 0.6) is 5.75 Å². The molecule has 0 radical (unpaired) electrons. The maximum atomic E-state index is 13.9. The first-order valence-electron chi connectivity index (χ1n) is 9.45.